The first kappa shape index (κ1) is 27.9. The van der Waals surface area contributed by atoms with Crippen LogP contribution >= 0.6 is 8.53 Å². The fourth-order valence-corrected chi connectivity index (χ4v) is 5.43. The van der Waals surface area contributed by atoms with Crippen molar-refractivity contribution in [3.05, 3.63) is 105 Å². The summed E-state index contributed by atoms with van der Waals surface area (Å²) >= 11 is 0. The van der Waals surface area contributed by atoms with Crippen LogP contribution in [0.5, 0.6) is 0 Å². The van der Waals surface area contributed by atoms with E-state index in [0.717, 1.165) is 5.56 Å². The summed E-state index contributed by atoms with van der Waals surface area (Å²) in [6, 6.07) is 20.2. The molecule has 0 aliphatic carbocycles. The predicted molar refractivity (Wildman–Crippen MR) is 142 cm³/mol. The van der Waals surface area contributed by atoms with Crippen molar-refractivity contribution in [2.24, 2.45) is 5.92 Å². The van der Waals surface area contributed by atoms with Crippen LogP contribution in [-0.2, 0) is 29.9 Å². The molecule has 0 radical (unpaired) electrons. The first-order chi connectivity index (χ1) is 18.4. The summed E-state index contributed by atoms with van der Waals surface area (Å²) in [5.41, 5.74) is 0.708. The quantitative estimate of drug-likeness (QED) is 0.262. The molecule has 202 valence electrons. The Hall–Kier alpha value is -3.14. The second-order valence-electron chi connectivity index (χ2n) is 8.90. The highest BCUT2D eigenvalue weighted by atomic mass is 31.2. The van der Waals surface area contributed by atoms with E-state index in [2.05, 4.69) is 10.1 Å². The fourth-order valence-electron chi connectivity index (χ4n) is 4.19. The van der Waals surface area contributed by atoms with Crippen molar-refractivity contribution in [1.29, 1.82) is 0 Å². The SMILES string of the molecule is CCOC(=O)C(OP(NCc1ccccc1)OCC1CC(C)C(n2ccc(=O)[nH]c2=O)O1)c1ccccc1. The lowest BCUT2D eigenvalue weighted by molar-refractivity contribution is -0.152. The largest absolute Gasteiger partial charge is 0.464 e. The van der Waals surface area contributed by atoms with E-state index in [1.807, 2.05) is 55.5 Å². The van der Waals surface area contributed by atoms with Gasteiger partial charge in [0.15, 0.2) is 6.10 Å². The summed E-state index contributed by atoms with van der Waals surface area (Å²) in [7, 11) is -1.75. The van der Waals surface area contributed by atoms with Crippen LogP contribution < -0.4 is 16.3 Å². The molecule has 2 N–H and O–H groups in total. The fraction of sp³-hybridized carbons (Fsp3) is 0.370. The van der Waals surface area contributed by atoms with E-state index in [9.17, 15) is 14.4 Å². The number of hydrogen-bond acceptors (Lipinski definition) is 8. The minimum atomic E-state index is -1.75. The summed E-state index contributed by atoms with van der Waals surface area (Å²) in [5, 5.41) is 3.29. The molecule has 4 rings (SSSR count). The normalized spacial score (nSPS) is 20.6. The minimum absolute atomic E-state index is 0.00762. The third-order valence-electron chi connectivity index (χ3n) is 6.02. The van der Waals surface area contributed by atoms with E-state index in [4.69, 9.17) is 18.5 Å². The molecule has 5 atom stereocenters. The maximum atomic E-state index is 12.8. The highest BCUT2D eigenvalue weighted by Crippen LogP contribution is 2.42. The standard InChI is InChI=1S/C27H32N3O7P/c1-3-34-26(32)24(21-12-8-5-9-13-21)37-38(28-17-20-10-6-4-7-11-20)35-18-22-16-19(2)25(36-22)30-15-14-23(31)29-27(30)33/h4-15,19,22,24-25,28H,3,16-18H2,1-2H3,(H,29,31,33). The van der Waals surface area contributed by atoms with E-state index >= 15 is 0 Å². The number of nitrogens with zero attached hydrogens (tertiary/aromatic N) is 1. The molecule has 0 bridgehead atoms. The molecule has 11 heteroatoms. The molecule has 1 aromatic heterocycles. The van der Waals surface area contributed by atoms with Gasteiger partial charge in [0.1, 0.15) is 6.23 Å². The van der Waals surface area contributed by atoms with Gasteiger partial charge in [-0.15, -0.1) is 0 Å². The second kappa shape index (κ2) is 13.6. The van der Waals surface area contributed by atoms with Gasteiger partial charge in [-0.3, -0.25) is 14.3 Å². The number of carbonyl (C=O) groups excluding carboxylic acids is 1. The van der Waals surface area contributed by atoms with Crippen molar-refractivity contribution in [3.8, 4) is 0 Å². The van der Waals surface area contributed by atoms with Crippen LogP contribution in [0.2, 0.25) is 0 Å². The van der Waals surface area contributed by atoms with Crippen molar-refractivity contribution < 1.29 is 23.3 Å². The summed E-state index contributed by atoms with van der Waals surface area (Å²) in [6.45, 7) is 4.59. The molecule has 2 heterocycles. The third kappa shape index (κ3) is 7.46. The van der Waals surface area contributed by atoms with Crippen LogP contribution in [-0.4, -0.2) is 34.8 Å². The zero-order valence-corrected chi connectivity index (χ0v) is 22.2. The molecule has 1 aliphatic heterocycles. The first-order valence-corrected chi connectivity index (χ1v) is 13.7. The number of hydrogen-bond donors (Lipinski definition) is 2. The average Bonchev–Trinajstić information content (AvgIpc) is 3.29. The van der Waals surface area contributed by atoms with Gasteiger partial charge in [-0.1, -0.05) is 67.6 Å². The zero-order valence-electron chi connectivity index (χ0n) is 21.3. The van der Waals surface area contributed by atoms with Gasteiger partial charge in [-0.25, -0.2) is 14.7 Å². The molecule has 38 heavy (non-hydrogen) atoms. The van der Waals surface area contributed by atoms with Gasteiger partial charge in [-0.05, 0) is 24.5 Å². The van der Waals surface area contributed by atoms with E-state index in [1.54, 1.807) is 19.1 Å². The van der Waals surface area contributed by atoms with Gasteiger partial charge >= 0.3 is 11.7 Å². The minimum Gasteiger partial charge on any atom is -0.464 e. The second-order valence-corrected chi connectivity index (χ2v) is 10.2. The Labute approximate surface area is 221 Å². The number of esters is 1. The molecule has 0 amide bonds. The van der Waals surface area contributed by atoms with Crippen LogP contribution in [0.1, 0.15) is 43.7 Å². The van der Waals surface area contributed by atoms with E-state index in [-0.39, 0.29) is 25.2 Å². The van der Waals surface area contributed by atoms with Crippen LogP contribution in [0.25, 0.3) is 0 Å². The summed E-state index contributed by atoms with van der Waals surface area (Å²) in [5.74, 6) is -0.493. The topological polar surface area (TPSA) is 121 Å². The maximum Gasteiger partial charge on any atom is 0.340 e. The lowest BCUT2D eigenvalue weighted by Gasteiger charge is -2.25. The number of carbonyl (C=O) groups is 1. The predicted octanol–water partition coefficient (Wildman–Crippen LogP) is 3.81. The molecule has 1 saturated heterocycles. The molecule has 5 unspecified atom stereocenters. The monoisotopic (exact) mass is 541 g/mol. The first-order valence-electron chi connectivity index (χ1n) is 12.5. The van der Waals surface area contributed by atoms with Crippen molar-refractivity contribution in [2.45, 2.75) is 45.2 Å². The number of benzene rings is 2. The Bertz CT molecular complexity index is 1280. The number of aromatic amines is 1. The molecule has 2 aromatic carbocycles. The molecule has 10 nitrogen and oxygen atoms in total. The number of H-pyrrole nitrogens is 1. The van der Waals surface area contributed by atoms with Crippen molar-refractivity contribution in [3.63, 3.8) is 0 Å². The van der Waals surface area contributed by atoms with Crippen LogP contribution in [0.15, 0.2) is 82.5 Å². The molecular formula is C27H32N3O7P. The van der Waals surface area contributed by atoms with Crippen molar-refractivity contribution in [2.75, 3.05) is 13.2 Å². The van der Waals surface area contributed by atoms with Gasteiger partial charge < -0.3 is 18.5 Å². The number of aromatic nitrogens is 2. The number of nitrogens with one attached hydrogen (secondary N) is 2. The Morgan fingerprint density at radius 1 is 1.13 bits per heavy atom. The number of ether oxygens (including phenoxy) is 2. The lowest BCUT2D eigenvalue weighted by atomic mass is 10.1. The Morgan fingerprint density at radius 2 is 1.84 bits per heavy atom. The summed E-state index contributed by atoms with van der Waals surface area (Å²) < 4.78 is 25.2. The molecule has 3 aromatic rings. The summed E-state index contributed by atoms with van der Waals surface area (Å²) in [6.07, 6.45) is 0.249. The van der Waals surface area contributed by atoms with Gasteiger partial charge in [0.05, 0.1) is 19.3 Å². The van der Waals surface area contributed by atoms with Crippen molar-refractivity contribution >= 4 is 14.5 Å². The highest BCUT2D eigenvalue weighted by Gasteiger charge is 2.35. The maximum absolute atomic E-state index is 12.8. The highest BCUT2D eigenvalue weighted by molar-refractivity contribution is 7.44. The molecule has 0 spiro atoms. The van der Waals surface area contributed by atoms with Crippen LogP contribution in [0.3, 0.4) is 0 Å². The Balaban J connectivity index is 1.46. The smallest absolute Gasteiger partial charge is 0.340 e. The van der Waals surface area contributed by atoms with Gasteiger partial charge in [0.2, 0.25) is 0 Å². The van der Waals surface area contributed by atoms with Crippen LogP contribution in [0.4, 0.5) is 0 Å². The number of rotatable bonds is 12. The van der Waals surface area contributed by atoms with Crippen LogP contribution in [0, 0.1) is 5.92 Å². The Morgan fingerprint density at radius 3 is 2.53 bits per heavy atom. The molecule has 1 fully saturated rings. The van der Waals surface area contributed by atoms with Gasteiger partial charge in [-0.2, -0.15) is 0 Å². The van der Waals surface area contributed by atoms with E-state index in [1.165, 1.54) is 16.8 Å². The molecule has 1 aliphatic rings. The Kier molecular flexibility index (Phi) is 9.98. The molecular weight excluding hydrogens is 509 g/mol. The van der Waals surface area contributed by atoms with Gasteiger partial charge in [0, 0.05) is 24.7 Å². The average molecular weight is 542 g/mol. The zero-order chi connectivity index (χ0) is 26.9. The summed E-state index contributed by atoms with van der Waals surface area (Å²) in [4.78, 5) is 38.8. The van der Waals surface area contributed by atoms with E-state index < -0.39 is 38.1 Å². The van der Waals surface area contributed by atoms with E-state index in [0.29, 0.717) is 18.5 Å². The molecule has 0 saturated carbocycles. The third-order valence-corrected chi connectivity index (χ3v) is 7.22. The lowest BCUT2D eigenvalue weighted by Crippen LogP contribution is -2.33. The van der Waals surface area contributed by atoms with Gasteiger partial charge in [0.25, 0.3) is 14.1 Å². The van der Waals surface area contributed by atoms with Crippen molar-refractivity contribution in [1.82, 2.24) is 14.6 Å².